The third-order valence-corrected chi connectivity index (χ3v) is 2.70. The van der Waals surface area contributed by atoms with Gasteiger partial charge >= 0.3 is 6.18 Å². The summed E-state index contributed by atoms with van der Waals surface area (Å²) < 4.78 is 37.4. The van der Waals surface area contributed by atoms with E-state index < -0.39 is 24.7 Å². The molecule has 0 saturated heterocycles. The maximum Gasteiger partial charge on any atom is 0.406 e. The molecule has 1 N–H and O–H groups in total. The van der Waals surface area contributed by atoms with Crippen molar-refractivity contribution in [3.05, 3.63) is 29.3 Å². The minimum atomic E-state index is -4.47. The van der Waals surface area contributed by atoms with Gasteiger partial charge in [0.25, 0.3) is 5.91 Å². The predicted molar refractivity (Wildman–Crippen MR) is 65.1 cm³/mol. The molecule has 0 heterocycles. The minimum absolute atomic E-state index is 0.113. The number of para-hydroxylation sites is 1. The highest BCUT2D eigenvalue weighted by atomic mass is 19.4. The first-order chi connectivity index (χ1) is 8.63. The molecule has 1 amide bonds. The Morgan fingerprint density at radius 2 is 1.95 bits per heavy atom. The molecule has 0 aliphatic carbocycles. The van der Waals surface area contributed by atoms with Gasteiger partial charge in [0.2, 0.25) is 0 Å². The van der Waals surface area contributed by atoms with E-state index in [4.69, 9.17) is 0 Å². The molecule has 0 unspecified atom stereocenters. The molecular formula is C13H16F3NO2. The number of carbonyl (C=O) groups excluding carboxylic acids is 1. The fourth-order valence-electron chi connectivity index (χ4n) is 1.67. The van der Waals surface area contributed by atoms with E-state index in [1.165, 1.54) is 26.0 Å². The molecule has 3 nitrogen and oxygen atoms in total. The van der Waals surface area contributed by atoms with E-state index >= 15 is 0 Å². The molecule has 0 aliphatic heterocycles. The maximum atomic E-state index is 12.5. The number of phenols is 1. The van der Waals surface area contributed by atoms with E-state index in [2.05, 4.69) is 0 Å². The molecule has 1 rings (SSSR count). The van der Waals surface area contributed by atoms with E-state index in [1.54, 1.807) is 13.0 Å². The normalized spacial score (nSPS) is 11.7. The van der Waals surface area contributed by atoms with E-state index in [9.17, 15) is 23.1 Å². The van der Waals surface area contributed by atoms with Crippen LogP contribution in [0.2, 0.25) is 0 Å². The van der Waals surface area contributed by atoms with E-state index in [1.807, 2.05) is 0 Å². The SMILES string of the molecule is Cc1cccc(C(=O)N(CC(F)(F)F)C(C)C)c1O. The number of carbonyl (C=O) groups is 1. The number of halogens is 3. The van der Waals surface area contributed by atoms with Gasteiger partial charge in [-0.2, -0.15) is 13.2 Å². The van der Waals surface area contributed by atoms with Gasteiger partial charge in [-0.1, -0.05) is 12.1 Å². The first-order valence-electron chi connectivity index (χ1n) is 5.79. The highest BCUT2D eigenvalue weighted by Crippen LogP contribution is 2.25. The highest BCUT2D eigenvalue weighted by molar-refractivity contribution is 5.97. The van der Waals surface area contributed by atoms with Crippen LogP contribution in [0.25, 0.3) is 0 Å². The van der Waals surface area contributed by atoms with Gasteiger partial charge in [-0.05, 0) is 32.4 Å². The molecule has 0 spiro atoms. The van der Waals surface area contributed by atoms with Crippen LogP contribution in [0, 0.1) is 6.92 Å². The van der Waals surface area contributed by atoms with Gasteiger partial charge < -0.3 is 10.0 Å². The lowest BCUT2D eigenvalue weighted by Crippen LogP contribution is -2.43. The Morgan fingerprint density at radius 3 is 2.42 bits per heavy atom. The van der Waals surface area contributed by atoms with Crippen molar-refractivity contribution in [1.29, 1.82) is 0 Å². The molecule has 0 saturated carbocycles. The van der Waals surface area contributed by atoms with E-state index in [0.717, 1.165) is 0 Å². The van der Waals surface area contributed by atoms with Crippen LogP contribution in [0.1, 0.15) is 29.8 Å². The quantitative estimate of drug-likeness (QED) is 0.920. The summed E-state index contributed by atoms with van der Waals surface area (Å²) in [6.07, 6.45) is -4.47. The number of hydrogen-bond acceptors (Lipinski definition) is 2. The van der Waals surface area contributed by atoms with Crippen LogP contribution >= 0.6 is 0 Å². The summed E-state index contributed by atoms with van der Waals surface area (Å²) in [6.45, 7) is 3.24. The summed E-state index contributed by atoms with van der Waals surface area (Å²) in [4.78, 5) is 12.8. The number of aryl methyl sites for hydroxylation is 1. The Labute approximate surface area is 109 Å². The Balaban J connectivity index is 3.10. The molecule has 0 bridgehead atoms. The molecule has 6 heteroatoms. The van der Waals surface area contributed by atoms with Crippen LogP contribution in [0.3, 0.4) is 0 Å². The van der Waals surface area contributed by atoms with Crippen molar-refractivity contribution in [2.45, 2.75) is 33.0 Å². The number of aromatic hydroxyl groups is 1. The number of nitrogens with zero attached hydrogens (tertiary/aromatic N) is 1. The summed E-state index contributed by atoms with van der Waals surface area (Å²) in [7, 11) is 0. The van der Waals surface area contributed by atoms with Crippen molar-refractivity contribution in [3.63, 3.8) is 0 Å². The maximum absolute atomic E-state index is 12.5. The minimum Gasteiger partial charge on any atom is -0.507 e. The summed E-state index contributed by atoms with van der Waals surface area (Å²) in [6, 6.07) is 3.80. The average Bonchev–Trinajstić information content (AvgIpc) is 2.27. The van der Waals surface area contributed by atoms with Gasteiger partial charge in [0.15, 0.2) is 0 Å². The van der Waals surface area contributed by atoms with Crippen molar-refractivity contribution in [1.82, 2.24) is 4.90 Å². The van der Waals surface area contributed by atoms with Crippen LogP contribution in [-0.4, -0.2) is 34.7 Å². The molecule has 0 atom stereocenters. The molecule has 19 heavy (non-hydrogen) atoms. The first kappa shape index (κ1) is 15.3. The topological polar surface area (TPSA) is 40.5 Å². The average molecular weight is 275 g/mol. The van der Waals surface area contributed by atoms with Gasteiger partial charge in [-0.25, -0.2) is 0 Å². The largest absolute Gasteiger partial charge is 0.507 e. The second kappa shape index (κ2) is 5.50. The number of amides is 1. The summed E-state index contributed by atoms with van der Waals surface area (Å²) in [5.41, 5.74) is 0.333. The zero-order chi connectivity index (χ0) is 14.8. The van der Waals surface area contributed by atoms with Gasteiger partial charge in [0, 0.05) is 6.04 Å². The van der Waals surface area contributed by atoms with Crippen molar-refractivity contribution in [2.75, 3.05) is 6.54 Å². The third-order valence-electron chi connectivity index (χ3n) is 2.70. The van der Waals surface area contributed by atoms with E-state index in [-0.39, 0.29) is 11.3 Å². The second-order valence-electron chi connectivity index (χ2n) is 4.61. The Morgan fingerprint density at radius 1 is 1.37 bits per heavy atom. The predicted octanol–water partition coefficient (Wildman–Crippen LogP) is 3.11. The summed E-state index contributed by atoms with van der Waals surface area (Å²) >= 11 is 0. The molecule has 0 radical (unpaired) electrons. The monoisotopic (exact) mass is 275 g/mol. The third kappa shape index (κ3) is 3.87. The number of alkyl halides is 3. The van der Waals surface area contributed by atoms with Crippen LogP contribution in [0.15, 0.2) is 18.2 Å². The smallest absolute Gasteiger partial charge is 0.406 e. The number of rotatable bonds is 3. The van der Waals surface area contributed by atoms with Crippen molar-refractivity contribution < 1.29 is 23.1 Å². The van der Waals surface area contributed by atoms with E-state index in [0.29, 0.717) is 10.5 Å². The fraction of sp³-hybridized carbons (Fsp3) is 0.462. The van der Waals surface area contributed by atoms with Crippen molar-refractivity contribution in [3.8, 4) is 5.75 Å². The lowest BCUT2D eigenvalue weighted by molar-refractivity contribution is -0.143. The first-order valence-corrected chi connectivity index (χ1v) is 5.79. The standard InChI is InChI=1S/C13H16F3NO2/c1-8(2)17(7-13(14,15)16)12(19)10-6-4-5-9(3)11(10)18/h4-6,8,18H,7H2,1-3H3. The zero-order valence-corrected chi connectivity index (χ0v) is 11.0. The van der Waals surface area contributed by atoms with Gasteiger partial charge in [-0.3, -0.25) is 4.79 Å². The number of benzene rings is 1. The van der Waals surface area contributed by atoms with Crippen LogP contribution in [0.5, 0.6) is 5.75 Å². The second-order valence-corrected chi connectivity index (χ2v) is 4.61. The Kier molecular flexibility index (Phi) is 4.44. The summed E-state index contributed by atoms with van der Waals surface area (Å²) in [5.74, 6) is -1.10. The van der Waals surface area contributed by atoms with Crippen LogP contribution in [0.4, 0.5) is 13.2 Å². The molecule has 1 aromatic rings. The van der Waals surface area contributed by atoms with Gasteiger partial charge in [-0.15, -0.1) is 0 Å². The summed E-state index contributed by atoms with van der Waals surface area (Å²) in [5, 5.41) is 9.77. The zero-order valence-electron chi connectivity index (χ0n) is 11.0. The van der Waals surface area contributed by atoms with Crippen molar-refractivity contribution >= 4 is 5.91 Å². The highest BCUT2D eigenvalue weighted by Gasteiger charge is 2.35. The Bertz CT molecular complexity index is 469. The van der Waals surface area contributed by atoms with Crippen LogP contribution in [-0.2, 0) is 0 Å². The lowest BCUT2D eigenvalue weighted by atomic mass is 10.1. The molecular weight excluding hydrogens is 259 g/mol. The fourth-order valence-corrected chi connectivity index (χ4v) is 1.67. The molecule has 1 aromatic carbocycles. The van der Waals surface area contributed by atoms with Gasteiger partial charge in [0.05, 0.1) is 5.56 Å². The number of phenolic OH excluding ortho intramolecular Hbond substituents is 1. The van der Waals surface area contributed by atoms with Gasteiger partial charge in [0.1, 0.15) is 12.3 Å². The van der Waals surface area contributed by atoms with Crippen molar-refractivity contribution in [2.24, 2.45) is 0 Å². The number of hydrogen-bond donors (Lipinski definition) is 1. The van der Waals surface area contributed by atoms with Crippen LogP contribution < -0.4 is 0 Å². The molecule has 0 aliphatic rings. The lowest BCUT2D eigenvalue weighted by Gasteiger charge is -2.28. The molecule has 0 aromatic heterocycles. The molecule has 0 fully saturated rings. The molecule has 106 valence electrons. The Hall–Kier alpha value is -1.72.